The van der Waals surface area contributed by atoms with Crippen molar-refractivity contribution < 1.29 is 13.2 Å². The maximum absolute atomic E-state index is 16.2. The highest BCUT2D eigenvalue weighted by atomic mass is 32.1. The van der Waals surface area contributed by atoms with Crippen molar-refractivity contribution in [1.82, 2.24) is 0 Å². The Morgan fingerprint density at radius 2 is 0.827 bits per heavy atom. The Labute approximate surface area is 433 Å². The van der Waals surface area contributed by atoms with Crippen LogP contribution in [-0.2, 0) is 0 Å². The minimum absolute atomic E-state index is 0.289. The van der Waals surface area contributed by atoms with Gasteiger partial charge in [0.2, 0.25) is 0 Å². The summed E-state index contributed by atoms with van der Waals surface area (Å²) in [4.78, 5) is 6.32. The summed E-state index contributed by atoms with van der Waals surface area (Å²) in [5.41, 5.74) is 8.81. The molecule has 0 atom stereocenters. The minimum Gasteiger partial charge on any atom is -0.456 e. The first-order valence-corrected chi connectivity index (χ1v) is 25.8. The average Bonchev–Trinajstić information content (AvgIpc) is 4.01. The van der Waals surface area contributed by atoms with E-state index < -0.39 is 0 Å². The van der Waals surface area contributed by atoms with Gasteiger partial charge in [-0.05, 0) is 153 Å². The average molecular weight is 986 g/mol. The molecule has 0 unspecified atom stereocenters. The zero-order valence-electron chi connectivity index (χ0n) is 40.1. The summed E-state index contributed by atoms with van der Waals surface area (Å²) in [6, 6.07) is 83.9. The van der Waals surface area contributed by atoms with Gasteiger partial charge in [-0.25, -0.2) is 8.78 Å². The number of nitrogens with zero attached hydrogens (tertiary/aromatic N) is 3. The van der Waals surface area contributed by atoms with Crippen LogP contribution < -0.4 is 14.7 Å². The Balaban J connectivity index is 0.861. The van der Waals surface area contributed by atoms with Crippen LogP contribution >= 0.6 is 11.3 Å². The van der Waals surface area contributed by atoms with Crippen LogP contribution in [0.15, 0.2) is 253 Å². The molecule has 0 amide bonds. The van der Waals surface area contributed by atoms with Gasteiger partial charge >= 0.3 is 0 Å². The molecule has 0 saturated heterocycles. The topological polar surface area (TPSA) is 22.9 Å². The van der Waals surface area contributed by atoms with Crippen LogP contribution in [0.3, 0.4) is 0 Å². The van der Waals surface area contributed by atoms with E-state index in [0.717, 1.165) is 109 Å². The third kappa shape index (κ3) is 7.00. The van der Waals surface area contributed by atoms with Gasteiger partial charge in [0.25, 0.3) is 0 Å². The SMILES string of the molecule is Fc1ccccc1N(c1ccccc1)c1ccc2sc3cc(N(c4ccc5ccccc5c4)c4ccc5c(c4)oc4ccc(N(c6ccccc6F)c6ccc7ccc8cccc9ccc6c7c89)cc45)ccc3c2c1. The second-order valence-corrected chi connectivity index (χ2v) is 20.2. The molecule has 15 aromatic rings. The van der Waals surface area contributed by atoms with E-state index >= 15 is 8.78 Å². The molecule has 2 aromatic heterocycles. The van der Waals surface area contributed by atoms with Crippen LogP contribution in [-0.4, -0.2) is 0 Å². The number of anilines is 9. The smallest absolute Gasteiger partial charge is 0.147 e. The van der Waals surface area contributed by atoms with Crippen LogP contribution in [0, 0.1) is 11.6 Å². The number of fused-ring (bicyclic) bond motifs is 7. The second kappa shape index (κ2) is 17.0. The Hall–Kier alpha value is -9.56. The molecule has 0 aliphatic carbocycles. The van der Waals surface area contributed by atoms with E-state index in [2.05, 4.69) is 163 Å². The van der Waals surface area contributed by atoms with Crippen molar-refractivity contribution in [2.24, 2.45) is 0 Å². The number of para-hydroxylation sites is 3. The van der Waals surface area contributed by atoms with Gasteiger partial charge in [0.05, 0.1) is 17.1 Å². The molecule has 354 valence electrons. The van der Waals surface area contributed by atoms with E-state index in [1.165, 1.54) is 28.3 Å². The van der Waals surface area contributed by atoms with Gasteiger partial charge in [-0.15, -0.1) is 11.3 Å². The molecule has 0 fully saturated rings. The Morgan fingerprint density at radius 3 is 1.63 bits per heavy atom. The van der Waals surface area contributed by atoms with Crippen molar-refractivity contribution in [2.45, 2.75) is 0 Å². The Bertz CT molecular complexity index is 4720. The normalized spacial score (nSPS) is 11.9. The lowest BCUT2D eigenvalue weighted by Gasteiger charge is -2.28. The fraction of sp³-hybridized carbons (Fsp3) is 0. The summed E-state index contributed by atoms with van der Waals surface area (Å²) in [5, 5.41) is 13.3. The van der Waals surface area contributed by atoms with Gasteiger partial charge in [-0.2, -0.15) is 0 Å². The standard InChI is InChI=1S/C68H41F2N3OS/c69-58-17-6-8-19-61(58)72(47-15-2-1-3-16-47)49-30-36-65-57(39-49)54-33-28-52(41-66(54)75-65)71(48-26-23-42-11-4-5-12-46(42)37-48)51-27-32-53-56-38-50(29-35-63(56)74-64(53)40-51)73(62-20-9-7-18-59(62)70)60-34-25-45-22-21-43-13-10-14-44-24-31-55(60)68(45)67(43)44/h1-41H. The van der Waals surface area contributed by atoms with E-state index in [9.17, 15) is 0 Å². The molecule has 0 radical (unpaired) electrons. The largest absolute Gasteiger partial charge is 0.456 e. The first-order valence-electron chi connectivity index (χ1n) is 25.0. The van der Waals surface area contributed by atoms with Crippen molar-refractivity contribution in [3.8, 4) is 0 Å². The first kappa shape index (κ1) is 43.1. The molecular formula is C68H41F2N3OS. The van der Waals surface area contributed by atoms with Gasteiger partial charge in [-0.3, -0.25) is 0 Å². The molecule has 0 spiro atoms. The number of benzene rings is 13. The van der Waals surface area contributed by atoms with Gasteiger partial charge in [0, 0.05) is 76.5 Å². The quantitative estimate of drug-likeness (QED) is 0.134. The number of rotatable bonds is 9. The number of hydrogen-bond acceptors (Lipinski definition) is 5. The lowest BCUT2D eigenvalue weighted by atomic mass is 9.93. The van der Waals surface area contributed by atoms with Crippen molar-refractivity contribution in [2.75, 3.05) is 14.7 Å². The Kier molecular flexibility index (Phi) is 9.77. The van der Waals surface area contributed by atoms with E-state index in [4.69, 9.17) is 4.42 Å². The summed E-state index contributed by atoms with van der Waals surface area (Å²) in [6.45, 7) is 0. The van der Waals surface area contributed by atoms with Crippen LogP contribution in [0.4, 0.5) is 60.0 Å². The highest BCUT2D eigenvalue weighted by molar-refractivity contribution is 7.25. The molecule has 0 bridgehead atoms. The zero-order chi connectivity index (χ0) is 49.7. The maximum Gasteiger partial charge on any atom is 0.147 e. The van der Waals surface area contributed by atoms with Crippen molar-refractivity contribution in [3.05, 3.63) is 260 Å². The molecule has 13 aromatic carbocycles. The minimum atomic E-state index is -0.313. The molecule has 2 heterocycles. The van der Waals surface area contributed by atoms with Crippen molar-refractivity contribution >= 4 is 148 Å². The van der Waals surface area contributed by atoms with Gasteiger partial charge < -0.3 is 19.1 Å². The maximum atomic E-state index is 16.2. The summed E-state index contributed by atoms with van der Waals surface area (Å²) in [5.74, 6) is -0.602. The number of hydrogen-bond donors (Lipinski definition) is 0. The van der Waals surface area contributed by atoms with Crippen LogP contribution in [0.1, 0.15) is 0 Å². The highest BCUT2D eigenvalue weighted by Crippen LogP contribution is 2.48. The van der Waals surface area contributed by atoms with Gasteiger partial charge in [0.1, 0.15) is 22.8 Å². The molecule has 0 N–H and O–H groups in total. The second-order valence-electron chi connectivity index (χ2n) is 19.1. The monoisotopic (exact) mass is 985 g/mol. The zero-order valence-corrected chi connectivity index (χ0v) is 40.9. The summed E-state index contributed by atoms with van der Waals surface area (Å²) in [6.07, 6.45) is 0. The number of halogens is 2. The molecule has 15 rings (SSSR count). The van der Waals surface area contributed by atoms with Gasteiger partial charge in [-0.1, -0.05) is 127 Å². The third-order valence-corrected chi connectivity index (χ3v) is 16.0. The van der Waals surface area contributed by atoms with Crippen LogP contribution in [0.5, 0.6) is 0 Å². The molecule has 7 heteroatoms. The molecular weight excluding hydrogens is 945 g/mol. The molecule has 75 heavy (non-hydrogen) atoms. The fourth-order valence-corrected chi connectivity index (χ4v) is 12.5. The van der Waals surface area contributed by atoms with Crippen molar-refractivity contribution in [3.63, 3.8) is 0 Å². The lowest BCUT2D eigenvalue weighted by molar-refractivity contribution is 0.628. The van der Waals surface area contributed by atoms with Gasteiger partial charge in [0.15, 0.2) is 0 Å². The first-order chi connectivity index (χ1) is 37.0. The lowest BCUT2D eigenvalue weighted by Crippen LogP contribution is -2.12. The fourth-order valence-electron chi connectivity index (χ4n) is 11.4. The predicted octanol–water partition coefficient (Wildman–Crippen LogP) is 20.7. The highest BCUT2D eigenvalue weighted by Gasteiger charge is 2.24. The Morgan fingerprint density at radius 1 is 0.280 bits per heavy atom. The molecule has 4 nitrogen and oxygen atoms in total. The molecule has 0 saturated carbocycles. The summed E-state index contributed by atoms with van der Waals surface area (Å²) in [7, 11) is 0. The number of thiophene rings is 1. The summed E-state index contributed by atoms with van der Waals surface area (Å²) < 4.78 is 40.8. The van der Waals surface area contributed by atoms with E-state index in [1.807, 2.05) is 76.5 Å². The predicted molar refractivity (Wildman–Crippen MR) is 312 cm³/mol. The third-order valence-electron chi connectivity index (χ3n) is 14.8. The summed E-state index contributed by atoms with van der Waals surface area (Å²) >= 11 is 1.74. The van der Waals surface area contributed by atoms with Crippen LogP contribution in [0.25, 0.3) is 85.2 Å². The molecule has 0 aliphatic heterocycles. The van der Waals surface area contributed by atoms with E-state index in [1.54, 1.807) is 23.5 Å². The molecule has 0 aliphatic rings. The number of furan rings is 1. The van der Waals surface area contributed by atoms with Crippen molar-refractivity contribution in [1.29, 1.82) is 0 Å². The van der Waals surface area contributed by atoms with Crippen LogP contribution in [0.2, 0.25) is 0 Å². The van der Waals surface area contributed by atoms with E-state index in [0.29, 0.717) is 11.4 Å². The van der Waals surface area contributed by atoms with E-state index in [-0.39, 0.29) is 11.6 Å².